The van der Waals surface area contributed by atoms with E-state index in [4.69, 9.17) is 4.98 Å². The van der Waals surface area contributed by atoms with Crippen LogP contribution in [0.3, 0.4) is 0 Å². The molecule has 1 aliphatic carbocycles. The lowest BCUT2D eigenvalue weighted by molar-refractivity contribution is 0.545. The summed E-state index contributed by atoms with van der Waals surface area (Å²) in [7, 11) is 2.18. The number of pyridine rings is 1. The molecule has 0 atom stereocenters. The highest BCUT2D eigenvalue weighted by Crippen LogP contribution is 2.29. The maximum Gasteiger partial charge on any atom is 0.133 e. The molecule has 1 aromatic heterocycles. The fourth-order valence-electron chi connectivity index (χ4n) is 3.25. The molecule has 0 spiro atoms. The number of fused-ring (bicyclic) bond motifs is 1. The minimum atomic E-state index is 0.844. The van der Waals surface area contributed by atoms with Gasteiger partial charge >= 0.3 is 0 Å². The van der Waals surface area contributed by atoms with Crippen LogP contribution in [0, 0.1) is 5.92 Å². The summed E-state index contributed by atoms with van der Waals surface area (Å²) < 4.78 is 0. The highest BCUT2D eigenvalue weighted by atomic mass is 79.9. The van der Waals surface area contributed by atoms with Crippen LogP contribution in [0.15, 0.2) is 30.3 Å². The number of alkyl halides is 1. The largest absolute Gasteiger partial charge is 0.359 e. The Hall–Kier alpha value is -1.09. The van der Waals surface area contributed by atoms with E-state index in [1.807, 2.05) is 0 Å². The number of para-hydroxylation sites is 1. The molecule has 1 aliphatic rings. The van der Waals surface area contributed by atoms with Crippen molar-refractivity contribution in [1.29, 1.82) is 0 Å². The van der Waals surface area contributed by atoms with Gasteiger partial charge in [0.2, 0.25) is 0 Å². The van der Waals surface area contributed by atoms with Gasteiger partial charge in [0.1, 0.15) is 5.82 Å². The van der Waals surface area contributed by atoms with E-state index in [1.54, 1.807) is 0 Å². The number of benzene rings is 1. The van der Waals surface area contributed by atoms with Crippen LogP contribution in [0.1, 0.15) is 31.2 Å². The number of aromatic nitrogens is 1. The lowest BCUT2D eigenvalue weighted by Crippen LogP contribution is -2.25. The molecule has 0 N–H and O–H groups in total. The van der Waals surface area contributed by atoms with Crippen molar-refractivity contribution >= 4 is 32.7 Å². The van der Waals surface area contributed by atoms with Crippen molar-refractivity contribution in [3.05, 3.63) is 35.9 Å². The summed E-state index contributed by atoms with van der Waals surface area (Å²) in [6.45, 7) is 1.13. The van der Waals surface area contributed by atoms with Crippen LogP contribution >= 0.6 is 15.9 Å². The highest BCUT2D eigenvalue weighted by Gasteiger charge is 2.19. The molecule has 0 radical (unpaired) electrons. The molecule has 1 fully saturated rings. The summed E-state index contributed by atoms with van der Waals surface area (Å²) >= 11 is 3.61. The van der Waals surface area contributed by atoms with E-state index in [9.17, 15) is 0 Å². The molecule has 106 valence electrons. The van der Waals surface area contributed by atoms with Crippen molar-refractivity contribution in [3.8, 4) is 0 Å². The minimum absolute atomic E-state index is 0.844. The first kappa shape index (κ1) is 13.9. The van der Waals surface area contributed by atoms with Gasteiger partial charge in [-0.3, -0.25) is 0 Å². The molecular formula is C17H21BrN2. The van der Waals surface area contributed by atoms with Gasteiger partial charge in [-0.25, -0.2) is 4.98 Å². The number of nitrogens with zero attached hydrogens (tertiary/aromatic N) is 2. The third-order valence-corrected chi connectivity index (χ3v) is 4.90. The summed E-state index contributed by atoms with van der Waals surface area (Å²) in [5.74, 6) is 1.98. The molecule has 3 rings (SSSR count). The van der Waals surface area contributed by atoms with Gasteiger partial charge in [0.25, 0.3) is 0 Å². The van der Waals surface area contributed by atoms with E-state index >= 15 is 0 Å². The van der Waals surface area contributed by atoms with Crippen molar-refractivity contribution in [2.75, 3.05) is 18.5 Å². The van der Waals surface area contributed by atoms with Crippen molar-refractivity contribution in [3.63, 3.8) is 0 Å². The van der Waals surface area contributed by atoms with Crippen LogP contribution in [0.4, 0.5) is 5.82 Å². The summed E-state index contributed by atoms with van der Waals surface area (Å²) in [5, 5.41) is 2.08. The summed E-state index contributed by atoms with van der Waals surface area (Å²) in [6, 6.07) is 10.6. The van der Waals surface area contributed by atoms with Crippen LogP contribution in [0.2, 0.25) is 0 Å². The maximum atomic E-state index is 4.88. The van der Waals surface area contributed by atoms with Gasteiger partial charge in [-0.05, 0) is 30.9 Å². The van der Waals surface area contributed by atoms with Crippen molar-refractivity contribution in [2.24, 2.45) is 5.92 Å². The normalized spacial score (nSPS) is 15.9. The molecule has 0 unspecified atom stereocenters. The Bertz CT molecular complexity index is 591. The first-order valence-electron chi connectivity index (χ1n) is 7.43. The second-order valence-corrected chi connectivity index (χ2v) is 6.39. The predicted molar refractivity (Wildman–Crippen MR) is 89.6 cm³/mol. The molecule has 1 heterocycles. The van der Waals surface area contributed by atoms with Crippen LogP contribution < -0.4 is 4.90 Å². The smallest absolute Gasteiger partial charge is 0.133 e. The second kappa shape index (κ2) is 6.13. The van der Waals surface area contributed by atoms with Gasteiger partial charge < -0.3 is 4.90 Å². The van der Waals surface area contributed by atoms with E-state index in [1.165, 1.54) is 36.6 Å². The third kappa shape index (κ3) is 2.83. The number of hydrogen-bond donors (Lipinski definition) is 0. The van der Waals surface area contributed by atoms with E-state index in [2.05, 4.69) is 58.2 Å². The average Bonchev–Trinajstić information content (AvgIpc) is 2.98. The Morgan fingerprint density at radius 3 is 2.75 bits per heavy atom. The Kier molecular flexibility index (Phi) is 4.25. The van der Waals surface area contributed by atoms with Gasteiger partial charge in [-0.15, -0.1) is 0 Å². The van der Waals surface area contributed by atoms with Gasteiger partial charge in [0.05, 0.1) is 5.52 Å². The van der Waals surface area contributed by atoms with Gasteiger partial charge in [0, 0.05) is 29.9 Å². The standard InChI is InChI=1S/C17H21BrN2/c1-20(12-13-6-2-3-7-13)17-15(11-18)10-14-8-4-5-9-16(14)19-17/h4-5,8-10,13H,2-3,6-7,11-12H2,1H3. The molecule has 0 saturated heterocycles. The molecule has 1 aromatic carbocycles. The zero-order valence-corrected chi connectivity index (χ0v) is 13.6. The number of anilines is 1. The fraction of sp³-hybridized carbons (Fsp3) is 0.471. The Morgan fingerprint density at radius 1 is 1.25 bits per heavy atom. The lowest BCUT2D eigenvalue weighted by Gasteiger charge is -2.24. The molecule has 2 aromatic rings. The first-order chi connectivity index (χ1) is 9.78. The van der Waals surface area contributed by atoms with Crippen molar-refractivity contribution in [1.82, 2.24) is 4.98 Å². The van der Waals surface area contributed by atoms with E-state index in [0.29, 0.717) is 0 Å². The fourth-order valence-corrected chi connectivity index (χ4v) is 3.66. The molecule has 0 amide bonds. The average molecular weight is 333 g/mol. The molecule has 1 saturated carbocycles. The summed E-state index contributed by atoms with van der Waals surface area (Å²) in [6.07, 6.45) is 5.55. The number of hydrogen-bond acceptors (Lipinski definition) is 2. The monoisotopic (exact) mass is 332 g/mol. The maximum absolute atomic E-state index is 4.88. The van der Waals surface area contributed by atoms with Crippen LogP contribution in [0.5, 0.6) is 0 Å². The van der Waals surface area contributed by atoms with Crippen molar-refractivity contribution in [2.45, 2.75) is 31.0 Å². The molecule has 2 nitrogen and oxygen atoms in total. The minimum Gasteiger partial charge on any atom is -0.359 e. The Morgan fingerprint density at radius 2 is 2.00 bits per heavy atom. The number of rotatable bonds is 4. The predicted octanol–water partition coefficient (Wildman–Crippen LogP) is 4.76. The molecular weight excluding hydrogens is 312 g/mol. The van der Waals surface area contributed by atoms with Gasteiger partial charge in [-0.2, -0.15) is 0 Å². The topological polar surface area (TPSA) is 16.1 Å². The second-order valence-electron chi connectivity index (χ2n) is 5.83. The quantitative estimate of drug-likeness (QED) is 0.750. The molecule has 0 aliphatic heterocycles. The zero-order chi connectivity index (χ0) is 13.9. The van der Waals surface area contributed by atoms with E-state index < -0.39 is 0 Å². The lowest BCUT2D eigenvalue weighted by atomic mass is 10.1. The summed E-state index contributed by atoms with van der Waals surface area (Å²) in [5.41, 5.74) is 2.37. The zero-order valence-electron chi connectivity index (χ0n) is 12.0. The Labute approximate surface area is 129 Å². The van der Waals surface area contributed by atoms with Crippen LogP contribution in [0.25, 0.3) is 10.9 Å². The summed E-state index contributed by atoms with van der Waals surface area (Å²) in [4.78, 5) is 7.23. The molecule has 3 heteroatoms. The SMILES string of the molecule is CN(CC1CCCC1)c1nc2ccccc2cc1CBr. The number of halogens is 1. The van der Waals surface area contributed by atoms with Gasteiger partial charge in [0.15, 0.2) is 0 Å². The van der Waals surface area contributed by atoms with Gasteiger partial charge in [-0.1, -0.05) is 47.0 Å². The molecule has 20 heavy (non-hydrogen) atoms. The van der Waals surface area contributed by atoms with E-state index in [0.717, 1.165) is 29.1 Å². The van der Waals surface area contributed by atoms with Crippen LogP contribution in [-0.2, 0) is 5.33 Å². The Balaban J connectivity index is 1.91. The molecule has 0 bridgehead atoms. The first-order valence-corrected chi connectivity index (χ1v) is 8.56. The van der Waals surface area contributed by atoms with Crippen molar-refractivity contribution < 1.29 is 0 Å². The van der Waals surface area contributed by atoms with E-state index in [-0.39, 0.29) is 0 Å². The highest BCUT2D eigenvalue weighted by molar-refractivity contribution is 9.08. The third-order valence-electron chi connectivity index (χ3n) is 4.29. The van der Waals surface area contributed by atoms with Crippen LogP contribution in [-0.4, -0.2) is 18.6 Å².